The number of carbonyl (C=O) groups is 1. The minimum Gasteiger partial charge on any atom is -0.444 e. The van der Waals surface area contributed by atoms with Crippen molar-refractivity contribution < 1.29 is 9.21 Å². The van der Waals surface area contributed by atoms with Crippen molar-refractivity contribution in [3.63, 3.8) is 0 Å². The summed E-state index contributed by atoms with van der Waals surface area (Å²) in [5.74, 6) is 1.70. The van der Waals surface area contributed by atoms with E-state index in [1.54, 1.807) is 12.1 Å². The molecule has 0 bridgehead atoms. The summed E-state index contributed by atoms with van der Waals surface area (Å²) < 4.78 is 5.90. The molecule has 0 aliphatic carbocycles. The van der Waals surface area contributed by atoms with Gasteiger partial charge in [0.05, 0.1) is 0 Å². The van der Waals surface area contributed by atoms with Gasteiger partial charge in [-0.2, -0.15) is 0 Å². The van der Waals surface area contributed by atoms with Gasteiger partial charge in [-0.3, -0.25) is 4.79 Å². The van der Waals surface area contributed by atoms with Crippen LogP contribution in [-0.2, 0) is 0 Å². The zero-order chi connectivity index (χ0) is 11.1. The van der Waals surface area contributed by atoms with Crippen molar-refractivity contribution in [2.45, 2.75) is 0 Å². The number of likely N-dealkylation sites (tertiary alicyclic amines) is 1. The van der Waals surface area contributed by atoms with Gasteiger partial charge in [-0.1, -0.05) is 0 Å². The van der Waals surface area contributed by atoms with E-state index in [0.717, 1.165) is 26.2 Å². The van der Waals surface area contributed by atoms with E-state index in [2.05, 4.69) is 21.2 Å². The highest BCUT2D eigenvalue weighted by Gasteiger charge is 2.38. The Morgan fingerprint density at radius 1 is 1.38 bits per heavy atom. The van der Waals surface area contributed by atoms with Crippen LogP contribution < -0.4 is 5.32 Å². The molecule has 1 aromatic rings. The van der Waals surface area contributed by atoms with Gasteiger partial charge in [-0.15, -0.1) is 0 Å². The molecule has 1 amide bonds. The fourth-order valence-corrected chi connectivity index (χ4v) is 2.91. The Bertz CT molecular complexity index is 406. The summed E-state index contributed by atoms with van der Waals surface area (Å²) in [6, 6.07) is 3.48. The predicted octanol–water partition coefficient (Wildman–Crippen LogP) is 1.33. The number of hydrogen-bond donors (Lipinski definition) is 1. The van der Waals surface area contributed by atoms with Crippen LogP contribution in [0.5, 0.6) is 0 Å². The van der Waals surface area contributed by atoms with Crippen molar-refractivity contribution in [2.24, 2.45) is 11.8 Å². The molecule has 3 rings (SSSR count). The lowest BCUT2D eigenvalue weighted by atomic mass is 10.0. The van der Waals surface area contributed by atoms with Crippen LogP contribution in [0.4, 0.5) is 0 Å². The molecule has 0 aromatic carbocycles. The molecular formula is C11H13BrN2O2. The van der Waals surface area contributed by atoms with Gasteiger partial charge < -0.3 is 14.6 Å². The summed E-state index contributed by atoms with van der Waals surface area (Å²) >= 11 is 3.21. The van der Waals surface area contributed by atoms with Gasteiger partial charge >= 0.3 is 0 Å². The smallest absolute Gasteiger partial charge is 0.289 e. The lowest BCUT2D eigenvalue weighted by Gasteiger charge is -2.15. The fraction of sp³-hybridized carbons (Fsp3) is 0.545. The molecule has 0 unspecified atom stereocenters. The third kappa shape index (κ3) is 1.68. The minimum atomic E-state index is 0.0140. The quantitative estimate of drug-likeness (QED) is 0.846. The van der Waals surface area contributed by atoms with E-state index in [0.29, 0.717) is 22.3 Å². The van der Waals surface area contributed by atoms with Crippen molar-refractivity contribution >= 4 is 21.8 Å². The number of furan rings is 1. The third-order valence-corrected chi connectivity index (χ3v) is 3.89. The van der Waals surface area contributed by atoms with Gasteiger partial charge in [0.25, 0.3) is 5.91 Å². The number of rotatable bonds is 1. The first kappa shape index (κ1) is 10.4. The van der Waals surface area contributed by atoms with Gasteiger partial charge in [0, 0.05) is 26.2 Å². The van der Waals surface area contributed by atoms with Crippen LogP contribution in [0.15, 0.2) is 21.2 Å². The molecule has 0 saturated carbocycles. The lowest BCUT2D eigenvalue weighted by molar-refractivity contribution is 0.0748. The van der Waals surface area contributed by atoms with Gasteiger partial charge in [-0.25, -0.2) is 0 Å². The van der Waals surface area contributed by atoms with Crippen LogP contribution in [0.25, 0.3) is 0 Å². The number of nitrogens with one attached hydrogen (secondary N) is 1. The van der Waals surface area contributed by atoms with Crippen LogP contribution in [0, 0.1) is 11.8 Å². The Balaban J connectivity index is 1.73. The topological polar surface area (TPSA) is 45.5 Å². The molecule has 16 heavy (non-hydrogen) atoms. The second-order valence-electron chi connectivity index (χ2n) is 4.49. The molecule has 2 aliphatic rings. The largest absolute Gasteiger partial charge is 0.444 e. The number of halogens is 1. The summed E-state index contributed by atoms with van der Waals surface area (Å²) in [6.07, 6.45) is 0. The SMILES string of the molecule is O=C(c1ccc(Br)o1)N1C[C@H]2CNC[C@H]2C1. The van der Waals surface area contributed by atoms with Crippen molar-refractivity contribution in [1.82, 2.24) is 10.2 Å². The van der Waals surface area contributed by atoms with Crippen molar-refractivity contribution in [3.05, 3.63) is 22.6 Å². The highest BCUT2D eigenvalue weighted by molar-refractivity contribution is 9.10. The summed E-state index contributed by atoms with van der Waals surface area (Å²) in [7, 11) is 0. The van der Waals surface area contributed by atoms with E-state index >= 15 is 0 Å². The minimum absolute atomic E-state index is 0.0140. The molecular weight excluding hydrogens is 272 g/mol. The summed E-state index contributed by atoms with van der Waals surface area (Å²) in [4.78, 5) is 14.0. The number of nitrogens with zero attached hydrogens (tertiary/aromatic N) is 1. The molecule has 0 radical (unpaired) electrons. The zero-order valence-electron chi connectivity index (χ0n) is 8.78. The van der Waals surface area contributed by atoms with Crippen LogP contribution >= 0.6 is 15.9 Å². The predicted molar refractivity (Wildman–Crippen MR) is 62.2 cm³/mol. The maximum Gasteiger partial charge on any atom is 0.289 e. The van der Waals surface area contributed by atoms with Crippen LogP contribution in [0.3, 0.4) is 0 Å². The molecule has 1 aromatic heterocycles. The molecule has 3 heterocycles. The molecule has 0 spiro atoms. The van der Waals surface area contributed by atoms with Crippen molar-refractivity contribution in [3.8, 4) is 0 Å². The Labute approximate surface area is 102 Å². The first-order chi connectivity index (χ1) is 7.74. The standard InChI is InChI=1S/C11H13BrN2O2/c12-10-2-1-9(16-10)11(15)14-5-7-3-13-4-8(7)6-14/h1-2,7-8,13H,3-6H2/t7-,8+. The molecule has 2 aliphatic heterocycles. The van der Waals surface area contributed by atoms with E-state index in [-0.39, 0.29) is 5.91 Å². The van der Waals surface area contributed by atoms with Crippen molar-refractivity contribution in [2.75, 3.05) is 26.2 Å². The zero-order valence-corrected chi connectivity index (χ0v) is 10.4. The molecule has 1 N–H and O–H groups in total. The fourth-order valence-electron chi connectivity index (χ4n) is 2.61. The van der Waals surface area contributed by atoms with E-state index in [4.69, 9.17) is 4.42 Å². The molecule has 2 atom stereocenters. The normalized spacial score (nSPS) is 28.4. The molecule has 2 saturated heterocycles. The summed E-state index contributed by atoms with van der Waals surface area (Å²) in [6.45, 7) is 3.79. The molecule has 2 fully saturated rings. The lowest BCUT2D eigenvalue weighted by Crippen LogP contribution is -2.31. The van der Waals surface area contributed by atoms with E-state index in [9.17, 15) is 4.79 Å². The monoisotopic (exact) mass is 284 g/mol. The van der Waals surface area contributed by atoms with Gasteiger partial charge in [-0.05, 0) is 39.9 Å². The van der Waals surface area contributed by atoms with E-state index in [1.165, 1.54) is 0 Å². The summed E-state index contributed by atoms with van der Waals surface area (Å²) in [5, 5.41) is 3.36. The maximum atomic E-state index is 12.1. The van der Waals surface area contributed by atoms with Crippen LogP contribution in [0.1, 0.15) is 10.6 Å². The van der Waals surface area contributed by atoms with Crippen molar-refractivity contribution in [1.29, 1.82) is 0 Å². The van der Waals surface area contributed by atoms with Crippen LogP contribution in [0.2, 0.25) is 0 Å². The number of carbonyl (C=O) groups excluding carboxylic acids is 1. The average Bonchev–Trinajstić information content (AvgIpc) is 2.89. The first-order valence-electron chi connectivity index (χ1n) is 5.49. The average molecular weight is 285 g/mol. The molecule has 86 valence electrons. The number of fused-ring (bicyclic) bond motifs is 1. The van der Waals surface area contributed by atoms with Gasteiger partial charge in [0.2, 0.25) is 0 Å². The summed E-state index contributed by atoms with van der Waals surface area (Å²) in [5.41, 5.74) is 0. The number of amides is 1. The third-order valence-electron chi connectivity index (χ3n) is 3.46. The highest BCUT2D eigenvalue weighted by atomic mass is 79.9. The first-order valence-corrected chi connectivity index (χ1v) is 6.28. The highest BCUT2D eigenvalue weighted by Crippen LogP contribution is 2.28. The van der Waals surface area contributed by atoms with Crippen LogP contribution in [-0.4, -0.2) is 37.0 Å². The number of hydrogen-bond acceptors (Lipinski definition) is 3. The Morgan fingerprint density at radius 3 is 2.62 bits per heavy atom. The molecule has 4 nitrogen and oxygen atoms in total. The second kappa shape index (κ2) is 3.89. The van der Waals surface area contributed by atoms with E-state index < -0.39 is 0 Å². The maximum absolute atomic E-state index is 12.1. The Kier molecular flexibility index (Phi) is 2.52. The van der Waals surface area contributed by atoms with Gasteiger partial charge in [0.1, 0.15) is 0 Å². The molecule has 5 heteroatoms. The van der Waals surface area contributed by atoms with Gasteiger partial charge in [0.15, 0.2) is 10.4 Å². The Hall–Kier alpha value is -0.810. The van der Waals surface area contributed by atoms with E-state index in [1.807, 2.05) is 4.90 Å². The Morgan fingerprint density at radius 2 is 2.06 bits per heavy atom. The second-order valence-corrected chi connectivity index (χ2v) is 5.27.